The second-order valence-corrected chi connectivity index (χ2v) is 9.00. The molecular formula is C22H20ClN3O2S. The topological polar surface area (TPSA) is 70.6 Å². The molecule has 1 heterocycles. The molecule has 4 rings (SSSR count). The van der Waals surface area contributed by atoms with Gasteiger partial charge >= 0.3 is 0 Å². The van der Waals surface area contributed by atoms with Crippen molar-refractivity contribution in [2.45, 2.75) is 24.8 Å². The van der Waals surface area contributed by atoms with Crippen LogP contribution in [0.5, 0.6) is 0 Å². The van der Waals surface area contributed by atoms with Gasteiger partial charge in [-0.05, 0) is 35.7 Å². The zero-order valence-electron chi connectivity index (χ0n) is 15.8. The minimum Gasteiger partial charge on any atom is -0.324 e. The minimum atomic E-state index is -3.70. The third-order valence-electron chi connectivity index (χ3n) is 4.72. The van der Waals surface area contributed by atoms with Crippen molar-refractivity contribution in [3.05, 3.63) is 94.0 Å². The highest BCUT2D eigenvalue weighted by atomic mass is 35.5. The van der Waals surface area contributed by atoms with Gasteiger partial charge in [-0.1, -0.05) is 71.8 Å². The van der Waals surface area contributed by atoms with Gasteiger partial charge in [-0.15, -0.1) is 0 Å². The molecule has 0 amide bonds. The van der Waals surface area contributed by atoms with Gasteiger partial charge in [-0.25, -0.2) is 18.1 Å². The maximum absolute atomic E-state index is 12.8. The van der Waals surface area contributed by atoms with E-state index in [4.69, 9.17) is 11.6 Å². The summed E-state index contributed by atoms with van der Waals surface area (Å²) in [5.74, 6) is 0.214. The number of hydrogen-bond acceptors (Lipinski definition) is 3. The van der Waals surface area contributed by atoms with Crippen LogP contribution in [0.25, 0.3) is 0 Å². The Hall–Kier alpha value is -2.83. The Kier molecular flexibility index (Phi) is 5.30. The summed E-state index contributed by atoms with van der Waals surface area (Å²) in [5.41, 5.74) is 4.44. The van der Waals surface area contributed by atoms with Crippen LogP contribution in [-0.2, 0) is 23.0 Å². The summed E-state index contributed by atoms with van der Waals surface area (Å²) in [6.07, 6.45) is 0.510. The first-order valence-electron chi connectivity index (χ1n) is 9.17. The van der Waals surface area contributed by atoms with Gasteiger partial charge in [0.05, 0.1) is 12.2 Å². The van der Waals surface area contributed by atoms with Gasteiger partial charge in [-0.3, -0.25) is 0 Å². The van der Waals surface area contributed by atoms with E-state index >= 15 is 0 Å². The van der Waals surface area contributed by atoms with Crippen molar-refractivity contribution in [3.63, 3.8) is 0 Å². The van der Waals surface area contributed by atoms with E-state index in [0.29, 0.717) is 23.7 Å². The monoisotopic (exact) mass is 425 g/mol. The zero-order valence-corrected chi connectivity index (χ0v) is 17.4. The molecule has 7 heteroatoms. The van der Waals surface area contributed by atoms with Gasteiger partial charge in [0.2, 0.25) is 5.96 Å². The van der Waals surface area contributed by atoms with E-state index in [0.717, 1.165) is 22.3 Å². The number of sulfonamides is 1. The molecule has 0 unspecified atom stereocenters. The third kappa shape index (κ3) is 4.28. The Morgan fingerprint density at radius 3 is 2.52 bits per heavy atom. The number of nitrogens with one attached hydrogen (secondary N) is 2. The van der Waals surface area contributed by atoms with Crippen molar-refractivity contribution in [2.75, 3.05) is 5.32 Å². The molecule has 1 aliphatic heterocycles. The number of aliphatic imine (C=N–C) groups is 1. The lowest BCUT2D eigenvalue weighted by molar-refractivity contribution is 0.591. The molecule has 29 heavy (non-hydrogen) atoms. The quantitative estimate of drug-likeness (QED) is 0.646. The molecule has 0 fully saturated rings. The summed E-state index contributed by atoms with van der Waals surface area (Å²) < 4.78 is 28.0. The van der Waals surface area contributed by atoms with Crippen molar-refractivity contribution in [3.8, 4) is 0 Å². The van der Waals surface area contributed by atoms with Crippen LogP contribution >= 0.6 is 11.6 Å². The first-order chi connectivity index (χ1) is 13.9. The lowest BCUT2D eigenvalue weighted by Crippen LogP contribution is -2.41. The highest BCUT2D eigenvalue weighted by Crippen LogP contribution is 2.31. The van der Waals surface area contributed by atoms with E-state index < -0.39 is 10.0 Å². The molecule has 0 bridgehead atoms. The molecule has 0 spiro atoms. The van der Waals surface area contributed by atoms with Gasteiger partial charge in [0.15, 0.2) is 0 Å². The van der Waals surface area contributed by atoms with Gasteiger partial charge < -0.3 is 5.32 Å². The van der Waals surface area contributed by atoms with Gasteiger partial charge in [0.1, 0.15) is 4.90 Å². The van der Waals surface area contributed by atoms with Gasteiger partial charge in [0.25, 0.3) is 10.0 Å². The Morgan fingerprint density at radius 2 is 1.72 bits per heavy atom. The number of para-hydroxylation sites is 1. The smallest absolute Gasteiger partial charge is 0.266 e. The zero-order chi connectivity index (χ0) is 20.4. The molecule has 148 valence electrons. The van der Waals surface area contributed by atoms with Crippen molar-refractivity contribution in [2.24, 2.45) is 4.99 Å². The van der Waals surface area contributed by atoms with E-state index in [9.17, 15) is 8.42 Å². The van der Waals surface area contributed by atoms with Crippen LogP contribution in [0.15, 0.2) is 76.6 Å². The maximum Gasteiger partial charge on any atom is 0.266 e. The number of hydrogen-bond donors (Lipinski definition) is 2. The number of benzene rings is 3. The first-order valence-corrected chi connectivity index (χ1v) is 11.0. The van der Waals surface area contributed by atoms with Gasteiger partial charge in [-0.2, -0.15) is 0 Å². The highest BCUT2D eigenvalue weighted by Gasteiger charge is 2.28. The Morgan fingerprint density at radius 1 is 0.966 bits per heavy atom. The molecule has 5 nitrogen and oxygen atoms in total. The SMILES string of the molecule is Cc1cccc(CN=C2Nc3c(Cc4ccccc4Cl)cccc3S(=O)(=O)N2)c1. The van der Waals surface area contributed by atoms with E-state index in [1.807, 2.05) is 61.5 Å². The summed E-state index contributed by atoms with van der Waals surface area (Å²) in [7, 11) is -3.70. The standard InChI is InChI=1S/C22H20ClN3O2S/c1-15-6-4-7-16(12-15)14-24-22-25-21-18(13-17-8-2-3-10-19(17)23)9-5-11-20(21)29(27,28)26-22/h2-12H,13-14H2,1H3,(H2,24,25,26). The summed E-state index contributed by atoms with van der Waals surface area (Å²) in [6, 6.07) is 20.7. The second-order valence-electron chi connectivity index (χ2n) is 6.94. The van der Waals surface area contributed by atoms with Gasteiger partial charge in [0, 0.05) is 11.4 Å². The molecule has 3 aromatic carbocycles. The Balaban J connectivity index is 1.68. The first kappa shape index (κ1) is 19.5. The lowest BCUT2D eigenvalue weighted by Gasteiger charge is -2.24. The number of aryl methyl sites for hydroxylation is 1. The van der Waals surface area contributed by atoms with Crippen LogP contribution in [0.2, 0.25) is 5.02 Å². The number of halogens is 1. The minimum absolute atomic E-state index is 0.205. The van der Waals surface area contributed by atoms with Crippen LogP contribution in [0.1, 0.15) is 22.3 Å². The van der Waals surface area contributed by atoms with E-state index in [1.54, 1.807) is 12.1 Å². The lowest BCUT2D eigenvalue weighted by atomic mass is 10.0. The summed E-state index contributed by atoms with van der Waals surface area (Å²) in [5, 5.41) is 3.81. The summed E-state index contributed by atoms with van der Waals surface area (Å²) in [4.78, 5) is 4.65. The van der Waals surface area contributed by atoms with Crippen LogP contribution in [0.4, 0.5) is 5.69 Å². The van der Waals surface area contributed by atoms with Crippen LogP contribution < -0.4 is 10.0 Å². The fourth-order valence-electron chi connectivity index (χ4n) is 3.32. The van der Waals surface area contributed by atoms with Crippen molar-refractivity contribution < 1.29 is 8.42 Å². The fourth-order valence-corrected chi connectivity index (χ4v) is 4.71. The molecule has 0 saturated carbocycles. The highest BCUT2D eigenvalue weighted by molar-refractivity contribution is 7.90. The number of nitrogens with zero attached hydrogens (tertiary/aromatic N) is 1. The largest absolute Gasteiger partial charge is 0.324 e. The number of anilines is 1. The Labute approximate surface area is 175 Å². The van der Waals surface area contributed by atoms with Crippen LogP contribution in [-0.4, -0.2) is 14.4 Å². The normalized spacial score (nSPS) is 16.0. The summed E-state index contributed by atoms with van der Waals surface area (Å²) in [6.45, 7) is 2.38. The van der Waals surface area contributed by atoms with Crippen molar-refractivity contribution in [1.82, 2.24) is 4.72 Å². The average Bonchev–Trinajstić information content (AvgIpc) is 2.68. The van der Waals surface area contributed by atoms with E-state index in [-0.39, 0.29) is 10.9 Å². The average molecular weight is 426 g/mol. The Bertz CT molecular complexity index is 1210. The van der Waals surface area contributed by atoms with Crippen LogP contribution in [0, 0.1) is 6.92 Å². The van der Waals surface area contributed by atoms with Crippen LogP contribution in [0.3, 0.4) is 0 Å². The van der Waals surface area contributed by atoms with Crippen molar-refractivity contribution in [1.29, 1.82) is 0 Å². The number of guanidine groups is 1. The van der Waals surface area contributed by atoms with Crippen molar-refractivity contribution >= 4 is 33.3 Å². The molecule has 1 aliphatic rings. The predicted octanol–water partition coefficient (Wildman–Crippen LogP) is 4.50. The second kappa shape index (κ2) is 7.89. The molecule has 0 aromatic heterocycles. The molecule has 0 aliphatic carbocycles. The van der Waals surface area contributed by atoms with E-state index in [2.05, 4.69) is 15.0 Å². The molecule has 0 radical (unpaired) electrons. The summed E-state index contributed by atoms with van der Waals surface area (Å²) >= 11 is 6.30. The molecule has 3 aromatic rings. The molecule has 2 N–H and O–H groups in total. The number of fused-ring (bicyclic) bond motifs is 1. The predicted molar refractivity (Wildman–Crippen MR) is 117 cm³/mol. The third-order valence-corrected chi connectivity index (χ3v) is 6.47. The molecule has 0 atom stereocenters. The fraction of sp³-hybridized carbons (Fsp3) is 0.136. The molecule has 0 saturated heterocycles. The number of rotatable bonds is 4. The maximum atomic E-state index is 12.8. The molecular weight excluding hydrogens is 406 g/mol. The van der Waals surface area contributed by atoms with E-state index in [1.165, 1.54) is 0 Å².